The summed E-state index contributed by atoms with van der Waals surface area (Å²) in [5.41, 5.74) is 3.11. The normalized spacial score (nSPS) is 16.4. The largest absolute Gasteiger partial charge is 0.504 e. The van der Waals surface area contributed by atoms with Gasteiger partial charge < -0.3 is 25.8 Å². The fourth-order valence-electron chi connectivity index (χ4n) is 2.97. The number of phenols is 1. The van der Waals surface area contributed by atoms with Crippen molar-refractivity contribution in [2.75, 3.05) is 12.4 Å². The van der Waals surface area contributed by atoms with Gasteiger partial charge >= 0.3 is 6.03 Å². The van der Waals surface area contributed by atoms with E-state index in [1.165, 1.54) is 13.2 Å². The Morgan fingerprint density at radius 2 is 1.85 bits per heavy atom. The predicted molar refractivity (Wildman–Crippen MR) is 102 cm³/mol. The average Bonchev–Trinajstić information content (AvgIpc) is 2.62. The smallest absolute Gasteiger partial charge is 0.319 e. The lowest BCUT2D eigenvalue weighted by Crippen LogP contribution is -2.45. The van der Waals surface area contributed by atoms with E-state index >= 15 is 0 Å². The molecular weight excluding hydrogens is 346 g/mol. The Morgan fingerprint density at radius 3 is 2.48 bits per heavy atom. The SMILES string of the molecule is COc1ccc([C@@H]2NC(=O)NC(C)=C2C(=O)Nc2ccc(C)cc2)cc1O. The van der Waals surface area contributed by atoms with Crippen LogP contribution in [0.1, 0.15) is 24.1 Å². The van der Waals surface area contributed by atoms with E-state index in [1.54, 1.807) is 19.1 Å². The molecule has 0 radical (unpaired) electrons. The van der Waals surface area contributed by atoms with E-state index in [1.807, 2.05) is 31.2 Å². The number of hydrogen-bond donors (Lipinski definition) is 4. The van der Waals surface area contributed by atoms with Crippen molar-refractivity contribution in [2.45, 2.75) is 19.9 Å². The highest BCUT2D eigenvalue weighted by atomic mass is 16.5. The molecule has 27 heavy (non-hydrogen) atoms. The molecule has 0 saturated heterocycles. The Bertz CT molecular complexity index is 919. The molecule has 3 rings (SSSR count). The molecule has 0 fully saturated rings. The Labute approximate surface area is 157 Å². The molecule has 1 aliphatic heterocycles. The second-order valence-electron chi connectivity index (χ2n) is 6.32. The topological polar surface area (TPSA) is 99.7 Å². The molecule has 2 aromatic rings. The van der Waals surface area contributed by atoms with Gasteiger partial charge in [0.05, 0.1) is 18.7 Å². The zero-order valence-electron chi connectivity index (χ0n) is 15.3. The van der Waals surface area contributed by atoms with Crippen molar-refractivity contribution in [3.05, 3.63) is 64.9 Å². The first kappa shape index (κ1) is 18.3. The van der Waals surface area contributed by atoms with Gasteiger partial charge in [-0.2, -0.15) is 0 Å². The first-order chi connectivity index (χ1) is 12.9. The number of rotatable bonds is 4. The van der Waals surface area contributed by atoms with Crippen LogP contribution >= 0.6 is 0 Å². The Hall–Kier alpha value is -3.48. The fourth-order valence-corrected chi connectivity index (χ4v) is 2.97. The second kappa shape index (κ2) is 7.41. The van der Waals surface area contributed by atoms with Gasteiger partial charge in [0, 0.05) is 11.4 Å². The van der Waals surface area contributed by atoms with Crippen molar-refractivity contribution in [3.63, 3.8) is 0 Å². The summed E-state index contributed by atoms with van der Waals surface area (Å²) in [4.78, 5) is 24.9. The zero-order valence-corrected chi connectivity index (χ0v) is 15.3. The molecule has 140 valence electrons. The van der Waals surface area contributed by atoms with E-state index < -0.39 is 12.1 Å². The molecule has 7 heteroatoms. The quantitative estimate of drug-likeness (QED) is 0.667. The lowest BCUT2D eigenvalue weighted by atomic mass is 9.94. The molecule has 0 bridgehead atoms. The summed E-state index contributed by atoms with van der Waals surface area (Å²) in [6, 6.07) is 11.1. The summed E-state index contributed by atoms with van der Waals surface area (Å²) in [7, 11) is 1.45. The number of amides is 3. The number of hydrogen-bond acceptors (Lipinski definition) is 4. The van der Waals surface area contributed by atoms with Crippen LogP contribution in [0.25, 0.3) is 0 Å². The molecule has 0 unspecified atom stereocenters. The van der Waals surface area contributed by atoms with E-state index in [4.69, 9.17) is 4.74 Å². The average molecular weight is 367 g/mol. The van der Waals surface area contributed by atoms with Crippen LogP contribution < -0.4 is 20.7 Å². The summed E-state index contributed by atoms with van der Waals surface area (Å²) in [5.74, 6) is -0.103. The summed E-state index contributed by atoms with van der Waals surface area (Å²) < 4.78 is 5.05. The molecule has 0 aliphatic carbocycles. The number of nitrogens with one attached hydrogen (secondary N) is 3. The summed E-state index contributed by atoms with van der Waals surface area (Å²) >= 11 is 0. The van der Waals surface area contributed by atoms with Crippen molar-refractivity contribution in [2.24, 2.45) is 0 Å². The number of urea groups is 1. The predicted octanol–water partition coefficient (Wildman–Crippen LogP) is 2.98. The minimum absolute atomic E-state index is 0.0706. The van der Waals surface area contributed by atoms with Crippen molar-refractivity contribution < 1.29 is 19.4 Å². The maximum Gasteiger partial charge on any atom is 0.319 e. The first-order valence-corrected chi connectivity index (χ1v) is 8.42. The lowest BCUT2D eigenvalue weighted by Gasteiger charge is -2.29. The van der Waals surface area contributed by atoms with E-state index in [0.717, 1.165) is 5.56 Å². The molecule has 0 spiro atoms. The highest BCUT2D eigenvalue weighted by Crippen LogP contribution is 2.33. The van der Waals surface area contributed by atoms with Gasteiger partial charge in [-0.15, -0.1) is 0 Å². The number of anilines is 1. The molecule has 2 aromatic carbocycles. The van der Waals surface area contributed by atoms with Crippen molar-refractivity contribution in [1.82, 2.24) is 10.6 Å². The van der Waals surface area contributed by atoms with Gasteiger partial charge in [-0.3, -0.25) is 4.79 Å². The summed E-state index contributed by atoms with van der Waals surface area (Å²) in [5, 5.41) is 18.3. The Morgan fingerprint density at radius 1 is 1.15 bits per heavy atom. The lowest BCUT2D eigenvalue weighted by molar-refractivity contribution is -0.113. The number of aryl methyl sites for hydroxylation is 1. The number of aromatic hydroxyl groups is 1. The summed E-state index contributed by atoms with van der Waals surface area (Å²) in [6.45, 7) is 3.63. The molecule has 7 nitrogen and oxygen atoms in total. The number of allylic oxidation sites excluding steroid dienone is 1. The Balaban J connectivity index is 1.95. The van der Waals surface area contributed by atoms with Crippen LogP contribution in [0.3, 0.4) is 0 Å². The third-order valence-electron chi connectivity index (χ3n) is 4.36. The molecular formula is C20H21N3O4. The van der Waals surface area contributed by atoms with Crippen LogP contribution in [0.4, 0.5) is 10.5 Å². The van der Waals surface area contributed by atoms with Crippen molar-refractivity contribution in [3.8, 4) is 11.5 Å². The van der Waals surface area contributed by atoms with E-state index in [0.29, 0.717) is 28.3 Å². The first-order valence-electron chi connectivity index (χ1n) is 8.42. The van der Waals surface area contributed by atoms with Crippen LogP contribution in [0.2, 0.25) is 0 Å². The van der Waals surface area contributed by atoms with Gasteiger partial charge in [-0.1, -0.05) is 23.8 Å². The van der Waals surface area contributed by atoms with Crippen molar-refractivity contribution >= 4 is 17.6 Å². The van der Waals surface area contributed by atoms with E-state index in [-0.39, 0.29) is 11.7 Å². The fraction of sp³-hybridized carbons (Fsp3) is 0.200. The number of carbonyl (C=O) groups excluding carboxylic acids is 2. The second-order valence-corrected chi connectivity index (χ2v) is 6.32. The van der Waals surface area contributed by atoms with Crippen LogP contribution in [-0.4, -0.2) is 24.2 Å². The van der Waals surface area contributed by atoms with Crippen LogP contribution in [0, 0.1) is 6.92 Å². The highest BCUT2D eigenvalue weighted by molar-refractivity contribution is 6.06. The Kier molecular flexibility index (Phi) is 5.03. The van der Waals surface area contributed by atoms with Gasteiger partial charge in [-0.05, 0) is 43.7 Å². The molecule has 1 heterocycles. The standard InChI is InChI=1S/C20H21N3O4/c1-11-4-7-14(8-5-11)22-19(25)17-12(2)21-20(26)23-18(17)13-6-9-16(27-3)15(24)10-13/h4-10,18,24H,1-3H3,(H,22,25)(H2,21,23,26)/t18-/m0/s1. The monoisotopic (exact) mass is 367 g/mol. The molecule has 1 aliphatic rings. The number of ether oxygens (including phenoxy) is 1. The molecule has 0 saturated carbocycles. The zero-order chi connectivity index (χ0) is 19.6. The van der Waals surface area contributed by atoms with E-state index in [9.17, 15) is 14.7 Å². The van der Waals surface area contributed by atoms with Gasteiger partial charge in [0.2, 0.25) is 0 Å². The molecule has 4 N–H and O–H groups in total. The number of carbonyl (C=O) groups is 2. The molecule has 3 amide bonds. The van der Waals surface area contributed by atoms with Gasteiger partial charge in [0.1, 0.15) is 0 Å². The third kappa shape index (κ3) is 3.87. The summed E-state index contributed by atoms with van der Waals surface area (Å²) in [6.07, 6.45) is 0. The van der Waals surface area contributed by atoms with Crippen LogP contribution in [0.5, 0.6) is 11.5 Å². The van der Waals surface area contributed by atoms with E-state index in [2.05, 4.69) is 16.0 Å². The van der Waals surface area contributed by atoms with Gasteiger partial charge in [0.15, 0.2) is 11.5 Å². The minimum atomic E-state index is -0.707. The minimum Gasteiger partial charge on any atom is -0.504 e. The van der Waals surface area contributed by atoms with Crippen LogP contribution in [-0.2, 0) is 4.79 Å². The molecule has 0 aromatic heterocycles. The maximum atomic E-state index is 12.9. The number of benzene rings is 2. The van der Waals surface area contributed by atoms with Crippen LogP contribution in [0.15, 0.2) is 53.7 Å². The van der Waals surface area contributed by atoms with Gasteiger partial charge in [0.25, 0.3) is 5.91 Å². The highest BCUT2D eigenvalue weighted by Gasteiger charge is 2.31. The van der Waals surface area contributed by atoms with Gasteiger partial charge in [-0.25, -0.2) is 4.79 Å². The number of phenolic OH excluding ortho intramolecular Hbond substituents is 1. The third-order valence-corrected chi connectivity index (χ3v) is 4.36. The van der Waals surface area contributed by atoms with Crippen molar-refractivity contribution in [1.29, 1.82) is 0 Å². The maximum absolute atomic E-state index is 12.9. The molecule has 1 atom stereocenters. The number of methoxy groups -OCH3 is 1.